The van der Waals surface area contributed by atoms with Crippen molar-refractivity contribution in [3.63, 3.8) is 0 Å². The van der Waals surface area contributed by atoms with Crippen molar-refractivity contribution in [1.82, 2.24) is 5.32 Å². The molecule has 1 aliphatic carbocycles. The van der Waals surface area contributed by atoms with E-state index < -0.39 is 0 Å². The molecule has 0 bridgehead atoms. The van der Waals surface area contributed by atoms with E-state index in [1.165, 1.54) is 6.42 Å². The molecule has 0 aliphatic heterocycles. The molecule has 0 radical (unpaired) electrons. The summed E-state index contributed by atoms with van der Waals surface area (Å²) in [7, 11) is 1.75. The van der Waals surface area contributed by atoms with Gasteiger partial charge in [-0.15, -0.1) is 0 Å². The first-order valence-corrected chi connectivity index (χ1v) is 5.31. The molecule has 2 nitrogen and oxygen atoms in total. The highest BCUT2D eigenvalue weighted by Crippen LogP contribution is 2.56. The fourth-order valence-corrected chi connectivity index (χ4v) is 1.93. The van der Waals surface area contributed by atoms with E-state index in [4.69, 9.17) is 4.74 Å². The Balaban J connectivity index is 2.07. The van der Waals surface area contributed by atoms with Crippen molar-refractivity contribution in [2.75, 3.05) is 26.8 Å². The van der Waals surface area contributed by atoms with Crippen molar-refractivity contribution < 1.29 is 4.74 Å². The lowest BCUT2D eigenvalue weighted by Crippen LogP contribution is -2.24. The van der Waals surface area contributed by atoms with Gasteiger partial charge in [0.1, 0.15) is 0 Å². The molecule has 1 N–H and O–H groups in total. The second kappa shape index (κ2) is 4.43. The lowest BCUT2D eigenvalue weighted by atomic mass is 9.92. The first-order valence-electron chi connectivity index (χ1n) is 5.31. The number of hydrogen-bond donors (Lipinski definition) is 1. The second-order valence-corrected chi connectivity index (χ2v) is 4.76. The van der Waals surface area contributed by atoms with Gasteiger partial charge in [-0.3, -0.25) is 0 Å². The van der Waals surface area contributed by atoms with Gasteiger partial charge in [0.05, 0.1) is 6.61 Å². The summed E-state index contributed by atoms with van der Waals surface area (Å²) in [4.78, 5) is 0. The zero-order valence-electron chi connectivity index (χ0n) is 9.39. The van der Waals surface area contributed by atoms with E-state index in [-0.39, 0.29) is 0 Å². The van der Waals surface area contributed by atoms with Crippen LogP contribution in [0.3, 0.4) is 0 Å². The minimum Gasteiger partial charge on any atom is -0.383 e. The third kappa shape index (κ3) is 2.68. The van der Waals surface area contributed by atoms with Crippen molar-refractivity contribution in [1.29, 1.82) is 0 Å². The van der Waals surface area contributed by atoms with Gasteiger partial charge < -0.3 is 10.1 Å². The Labute approximate surface area is 82.0 Å². The van der Waals surface area contributed by atoms with Crippen LogP contribution in [0.25, 0.3) is 0 Å². The molecule has 0 aromatic rings. The molecule has 13 heavy (non-hydrogen) atoms. The molecule has 0 aromatic heterocycles. The minimum atomic E-state index is 0.611. The van der Waals surface area contributed by atoms with Gasteiger partial charge in [-0.1, -0.05) is 20.8 Å². The Morgan fingerprint density at radius 2 is 2.23 bits per heavy atom. The molecule has 0 spiro atoms. The first kappa shape index (κ1) is 11.0. The molecule has 0 heterocycles. The Hall–Kier alpha value is -0.0800. The minimum absolute atomic E-state index is 0.611. The largest absolute Gasteiger partial charge is 0.383 e. The van der Waals surface area contributed by atoms with E-state index >= 15 is 0 Å². The lowest BCUT2D eigenvalue weighted by Gasteiger charge is -2.15. The van der Waals surface area contributed by atoms with E-state index in [0.29, 0.717) is 5.41 Å². The summed E-state index contributed by atoms with van der Waals surface area (Å²) in [6.45, 7) is 10.0. The van der Waals surface area contributed by atoms with Crippen LogP contribution in [0.1, 0.15) is 27.2 Å². The molecule has 1 aliphatic rings. The van der Waals surface area contributed by atoms with Gasteiger partial charge >= 0.3 is 0 Å². The van der Waals surface area contributed by atoms with Crippen molar-refractivity contribution in [3.8, 4) is 0 Å². The van der Waals surface area contributed by atoms with Gasteiger partial charge in [-0.2, -0.15) is 0 Å². The maximum Gasteiger partial charge on any atom is 0.0587 e. The fraction of sp³-hybridized carbons (Fsp3) is 1.00. The standard InChI is InChI=1S/C11H23NO/c1-9(2)11(3)7-10(11)8-12-5-6-13-4/h9-10,12H,5-8H2,1-4H3. The van der Waals surface area contributed by atoms with Crippen molar-refractivity contribution in [3.05, 3.63) is 0 Å². The lowest BCUT2D eigenvalue weighted by molar-refractivity contribution is 0.198. The summed E-state index contributed by atoms with van der Waals surface area (Å²) in [5.74, 6) is 1.71. The molecule has 0 saturated heterocycles. The molecular formula is C11H23NO. The molecule has 1 fully saturated rings. The van der Waals surface area contributed by atoms with Gasteiger partial charge in [0.2, 0.25) is 0 Å². The van der Waals surface area contributed by atoms with Gasteiger partial charge in [0.15, 0.2) is 0 Å². The zero-order valence-corrected chi connectivity index (χ0v) is 9.39. The predicted molar refractivity (Wildman–Crippen MR) is 55.8 cm³/mol. The summed E-state index contributed by atoms with van der Waals surface area (Å²) in [6.07, 6.45) is 1.39. The van der Waals surface area contributed by atoms with E-state index in [1.807, 2.05) is 0 Å². The molecule has 2 heteroatoms. The molecule has 1 saturated carbocycles. The smallest absolute Gasteiger partial charge is 0.0587 e. The quantitative estimate of drug-likeness (QED) is 0.638. The maximum atomic E-state index is 4.98. The molecule has 2 unspecified atom stereocenters. The van der Waals surface area contributed by atoms with E-state index in [2.05, 4.69) is 26.1 Å². The number of methoxy groups -OCH3 is 1. The summed E-state index contributed by atoms with van der Waals surface area (Å²) in [5, 5.41) is 3.43. The first-order chi connectivity index (χ1) is 6.11. The molecule has 1 rings (SSSR count). The number of rotatable bonds is 6. The number of ether oxygens (including phenoxy) is 1. The van der Waals surface area contributed by atoms with Crippen molar-refractivity contribution in [2.24, 2.45) is 17.3 Å². The van der Waals surface area contributed by atoms with Crippen LogP contribution in [0.4, 0.5) is 0 Å². The highest BCUT2D eigenvalue weighted by molar-refractivity contribution is 5.01. The van der Waals surface area contributed by atoms with Crippen LogP contribution in [0.5, 0.6) is 0 Å². The Bertz CT molecular complexity index is 158. The number of nitrogens with one attached hydrogen (secondary N) is 1. The van der Waals surface area contributed by atoms with Crippen LogP contribution in [-0.4, -0.2) is 26.8 Å². The third-order valence-corrected chi connectivity index (χ3v) is 3.65. The van der Waals surface area contributed by atoms with E-state index in [9.17, 15) is 0 Å². The predicted octanol–water partition coefficient (Wildman–Crippen LogP) is 1.90. The third-order valence-electron chi connectivity index (χ3n) is 3.65. The van der Waals surface area contributed by atoms with Crippen LogP contribution >= 0.6 is 0 Å². The Morgan fingerprint density at radius 1 is 1.54 bits per heavy atom. The van der Waals surface area contributed by atoms with Crippen LogP contribution < -0.4 is 5.32 Å². The topological polar surface area (TPSA) is 21.3 Å². The fourth-order valence-electron chi connectivity index (χ4n) is 1.93. The molecular weight excluding hydrogens is 162 g/mol. The average molecular weight is 185 g/mol. The van der Waals surface area contributed by atoms with Crippen LogP contribution in [0.15, 0.2) is 0 Å². The molecule has 2 atom stereocenters. The highest BCUT2D eigenvalue weighted by atomic mass is 16.5. The van der Waals surface area contributed by atoms with Crippen LogP contribution in [0.2, 0.25) is 0 Å². The van der Waals surface area contributed by atoms with Gasteiger partial charge in [-0.25, -0.2) is 0 Å². The summed E-state index contributed by atoms with van der Waals surface area (Å²) in [6, 6.07) is 0. The SMILES string of the molecule is COCCNCC1CC1(C)C(C)C. The zero-order chi connectivity index (χ0) is 9.90. The van der Waals surface area contributed by atoms with Crippen molar-refractivity contribution in [2.45, 2.75) is 27.2 Å². The van der Waals surface area contributed by atoms with Gasteiger partial charge in [-0.05, 0) is 30.2 Å². The molecule has 0 amide bonds. The normalized spacial score (nSPS) is 32.5. The molecule has 78 valence electrons. The van der Waals surface area contributed by atoms with E-state index in [0.717, 1.165) is 31.5 Å². The van der Waals surface area contributed by atoms with E-state index in [1.54, 1.807) is 7.11 Å². The monoisotopic (exact) mass is 185 g/mol. The Morgan fingerprint density at radius 3 is 2.69 bits per heavy atom. The van der Waals surface area contributed by atoms with Crippen molar-refractivity contribution >= 4 is 0 Å². The van der Waals surface area contributed by atoms with Gasteiger partial charge in [0.25, 0.3) is 0 Å². The Kier molecular flexibility index (Phi) is 3.74. The van der Waals surface area contributed by atoms with Crippen LogP contribution in [0, 0.1) is 17.3 Å². The van der Waals surface area contributed by atoms with Gasteiger partial charge in [0, 0.05) is 13.7 Å². The highest BCUT2D eigenvalue weighted by Gasteiger charge is 2.51. The molecule has 0 aromatic carbocycles. The number of hydrogen-bond acceptors (Lipinski definition) is 2. The summed E-state index contributed by atoms with van der Waals surface area (Å²) in [5.41, 5.74) is 0.611. The maximum absolute atomic E-state index is 4.98. The summed E-state index contributed by atoms with van der Waals surface area (Å²) < 4.78 is 4.98. The summed E-state index contributed by atoms with van der Waals surface area (Å²) >= 11 is 0. The average Bonchev–Trinajstić information content (AvgIpc) is 2.73. The second-order valence-electron chi connectivity index (χ2n) is 4.76. The van der Waals surface area contributed by atoms with Crippen LogP contribution in [-0.2, 0) is 4.74 Å².